The van der Waals surface area contributed by atoms with Crippen molar-refractivity contribution < 1.29 is 13.2 Å². The van der Waals surface area contributed by atoms with Crippen LogP contribution in [0.2, 0.25) is 0 Å². The van der Waals surface area contributed by atoms with Crippen LogP contribution in [0.15, 0.2) is 76.7 Å². The van der Waals surface area contributed by atoms with Crippen molar-refractivity contribution in [3.05, 3.63) is 72.4 Å². The first-order valence-electron chi connectivity index (χ1n) is 10.0. The molecule has 2 aromatic carbocycles. The van der Waals surface area contributed by atoms with Gasteiger partial charge in [-0.1, -0.05) is 50.6 Å². The number of hydrogen-bond acceptors (Lipinski definition) is 5. The number of anilines is 1. The van der Waals surface area contributed by atoms with Gasteiger partial charge in [-0.3, -0.25) is 14.5 Å². The molecule has 0 radical (unpaired) electrons. The van der Waals surface area contributed by atoms with Crippen molar-refractivity contribution in [2.75, 3.05) is 5.32 Å². The first-order chi connectivity index (χ1) is 14.9. The highest BCUT2D eigenvalue weighted by Gasteiger charge is 2.33. The molecule has 8 nitrogen and oxygen atoms in total. The molecule has 0 spiro atoms. The molecule has 1 aliphatic heterocycles. The molecule has 2 N–H and O–H groups in total. The lowest BCUT2D eigenvalue weighted by Gasteiger charge is -2.18. The van der Waals surface area contributed by atoms with E-state index < -0.39 is 16.1 Å². The van der Waals surface area contributed by atoms with Crippen LogP contribution < -0.4 is 10.0 Å². The summed E-state index contributed by atoms with van der Waals surface area (Å²) in [4.78, 5) is 17.8. The Morgan fingerprint density at radius 1 is 1.13 bits per heavy atom. The maximum atomic E-state index is 13.1. The van der Waals surface area contributed by atoms with Gasteiger partial charge in [0.1, 0.15) is 11.9 Å². The predicted molar refractivity (Wildman–Crippen MR) is 119 cm³/mol. The smallest absolute Gasteiger partial charge is 0.263 e. The lowest BCUT2D eigenvalue weighted by atomic mass is 9.98. The van der Waals surface area contributed by atoms with Crippen molar-refractivity contribution in [3.63, 3.8) is 0 Å². The molecule has 4 rings (SSSR count). The Balaban J connectivity index is 1.60. The molecule has 1 aliphatic rings. The van der Waals surface area contributed by atoms with Gasteiger partial charge in [0, 0.05) is 17.8 Å². The molecule has 31 heavy (non-hydrogen) atoms. The van der Waals surface area contributed by atoms with Gasteiger partial charge in [-0.2, -0.15) is 5.10 Å². The summed E-state index contributed by atoms with van der Waals surface area (Å²) < 4.78 is 28.9. The van der Waals surface area contributed by atoms with Gasteiger partial charge in [0.05, 0.1) is 10.6 Å². The summed E-state index contributed by atoms with van der Waals surface area (Å²) in [5.74, 6) is 0.130. The van der Waals surface area contributed by atoms with Crippen molar-refractivity contribution in [2.45, 2.75) is 31.2 Å². The summed E-state index contributed by atoms with van der Waals surface area (Å²) in [6.07, 6.45) is 2.46. The number of aliphatic imine (C=N–C) groups is 1. The Bertz CT molecular complexity index is 1230. The number of para-hydroxylation sites is 1. The average molecular weight is 438 g/mol. The van der Waals surface area contributed by atoms with Crippen molar-refractivity contribution in [3.8, 4) is 5.69 Å². The molecule has 9 heteroatoms. The lowest BCUT2D eigenvalue weighted by molar-refractivity contribution is -0.118. The van der Waals surface area contributed by atoms with E-state index in [1.165, 1.54) is 6.07 Å². The highest BCUT2D eigenvalue weighted by atomic mass is 32.2. The van der Waals surface area contributed by atoms with Crippen molar-refractivity contribution in [1.29, 1.82) is 0 Å². The minimum absolute atomic E-state index is 0.110. The number of fused-ring (bicyclic) bond motifs is 1. The van der Waals surface area contributed by atoms with Crippen molar-refractivity contribution in [1.82, 2.24) is 14.5 Å². The molecule has 2 heterocycles. The quantitative estimate of drug-likeness (QED) is 0.618. The largest absolute Gasteiger partial charge is 0.307 e. The molecular formula is C22H23N5O3S. The maximum absolute atomic E-state index is 13.1. The average Bonchev–Trinajstić information content (AvgIpc) is 3.34. The topological polar surface area (TPSA) is 105 Å². The molecule has 1 aromatic heterocycles. The number of nitrogens with one attached hydrogen (secondary N) is 2. The van der Waals surface area contributed by atoms with E-state index >= 15 is 0 Å². The minimum Gasteiger partial charge on any atom is -0.307 e. The third-order valence-corrected chi connectivity index (χ3v) is 6.64. The van der Waals surface area contributed by atoms with Crippen LogP contribution in [0.1, 0.15) is 25.8 Å². The van der Waals surface area contributed by atoms with Gasteiger partial charge in [0.15, 0.2) is 5.82 Å². The van der Waals surface area contributed by atoms with E-state index in [9.17, 15) is 13.2 Å². The summed E-state index contributed by atoms with van der Waals surface area (Å²) in [6.45, 7) is 3.87. The van der Waals surface area contributed by atoms with E-state index in [2.05, 4.69) is 20.1 Å². The summed E-state index contributed by atoms with van der Waals surface area (Å²) in [5.41, 5.74) is 1.34. The molecule has 0 unspecified atom stereocenters. The fraction of sp³-hybridized carbons (Fsp3) is 0.227. The number of carbonyl (C=O) groups excluding carboxylic acids is 1. The molecule has 160 valence electrons. The first-order valence-corrected chi connectivity index (χ1v) is 11.5. The Morgan fingerprint density at radius 2 is 1.84 bits per heavy atom. The van der Waals surface area contributed by atoms with Crippen LogP contribution in [-0.4, -0.2) is 36.0 Å². The molecule has 3 aromatic rings. The van der Waals surface area contributed by atoms with Crippen LogP contribution in [0, 0.1) is 5.92 Å². The van der Waals surface area contributed by atoms with Crippen LogP contribution >= 0.6 is 0 Å². The van der Waals surface area contributed by atoms with Crippen molar-refractivity contribution in [2.24, 2.45) is 10.9 Å². The second-order valence-corrected chi connectivity index (χ2v) is 9.03. The molecule has 0 saturated heterocycles. The highest BCUT2D eigenvalue weighted by Crippen LogP contribution is 2.24. The molecule has 0 saturated carbocycles. The van der Waals surface area contributed by atoms with Gasteiger partial charge in [0.2, 0.25) is 0 Å². The zero-order chi connectivity index (χ0) is 22.0. The van der Waals surface area contributed by atoms with Crippen LogP contribution in [-0.2, 0) is 14.8 Å². The fourth-order valence-electron chi connectivity index (χ4n) is 3.35. The Labute approximate surface area is 181 Å². The Kier molecular flexibility index (Phi) is 5.60. The van der Waals surface area contributed by atoms with Crippen LogP contribution in [0.25, 0.3) is 5.69 Å². The van der Waals surface area contributed by atoms with E-state index in [1.54, 1.807) is 35.1 Å². The number of hydrogen-bond donors (Lipinski definition) is 2. The number of amidine groups is 1. The van der Waals surface area contributed by atoms with Gasteiger partial charge in [-0.25, -0.2) is 13.1 Å². The second kappa shape index (κ2) is 8.35. The molecule has 0 fully saturated rings. The van der Waals surface area contributed by atoms with Gasteiger partial charge < -0.3 is 5.32 Å². The number of benzene rings is 2. The predicted octanol–water partition coefficient (Wildman–Crippen LogP) is 2.96. The molecule has 0 aliphatic carbocycles. The zero-order valence-corrected chi connectivity index (χ0v) is 18.0. The van der Waals surface area contributed by atoms with Gasteiger partial charge in [-0.05, 0) is 30.2 Å². The summed E-state index contributed by atoms with van der Waals surface area (Å²) in [6, 6.07) is 17.1. The standard InChI is InChI=1S/C22H23N5O3S/c1-3-15(2)20(24-21-17-11-7-8-12-18(17)31(29,30)26-21)22(28)23-19-13-14-27(25-19)16-9-5-4-6-10-16/h4-15,20H,3H2,1-2H3,(H,24,26)(H,23,25,28)/t15-,20-/m0/s1. The Hall–Kier alpha value is -3.46. The summed E-state index contributed by atoms with van der Waals surface area (Å²) in [7, 11) is -3.67. The van der Waals surface area contributed by atoms with Gasteiger partial charge in [-0.15, -0.1) is 0 Å². The Morgan fingerprint density at radius 3 is 2.58 bits per heavy atom. The zero-order valence-electron chi connectivity index (χ0n) is 17.2. The summed E-state index contributed by atoms with van der Waals surface area (Å²) in [5, 5.41) is 7.21. The fourth-order valence-corrected chi connectivity index (χ4v) is 4.59. The van der Waals surface area contributed by atoms with E-state index in [0.717, 1.165) is 5.69 Å². The van der Waals surface area contributed by atoms with Gasteiger partial charge in [0.25, 0.3) is 15.9 Å². The van der Waals surface area contributed by atoms with E-state index in [0.29, 0.717) is 17.8 Å². The van der Waals surface area contributed by atoms with Crippen LogP contribution in [0.3, 0.4) is 0 Å². The number of nitrogens with zero attached hydrogens (tertiary/aromatic N) is 3. The minimum atomic E-state index is -3.67. The summed E-state index contributed by atoms with van der Waals surface area (Å²) >= 11 is 0. The SMILES string of the molecule is CC[C@H](C)[C@H](N=C1NS(=O)(=O)c2ccccc21)C(=O)Nc1ccn(-c2ccccc2)n1. The van der Waals surface area contributed by atoms with E-state index in [4.69, 9.17) is 0 Å². The lowest BCUT2D eigenvalue weighted by Crippen LogP contribution is -2.35. The first kappa shape index (κ1) is 20.8. The van der Waals surface area contributed by atoms with Crippen molar-refractivity contribution >= 4 is 27.6 Å². The number of sulfonamides is 1. The number of carbonyl (C=O) groups is 1. The highest BCUT2D eigenvalue weighted by molar-refractivity contribution is 7.90. The molecular weight excluding hydrogens is 414 g/mol. The van der Waals surface area contributed by atoms with Gasteiger partial charge >= 0.3 is 0 Å². The van der Waals surface area contributed by atoms with Crippen LogP contribution in [0.4, 0.5) is 5.82 Å². The van der Waals surface area contributed by atoms with E-state index in [-0.39, 0.29) is 22.6 Å². The normalized spacial score (nSPS) is 17.5. The second-order valence-electron chi connectivity index (χ2n) is 7.38. The number of amides is 1. The third-order valence-electron chi connectivity index (χ3n) is 5.24. The molecule has 0 bridgehead atoms. The molecule has 1 amide bonds. The van der Waals surface area contributed by atoms with E-state index in [1.807, 2.05) is 44.2 Å². The number of aromatic nitrogens is 2. The van der Waals surface area contributed by atoms with Crippen LogP contribution in [0.5, 0.6) is 0 Å². The number of rotatable bonds is 6. The monoisotopic (exact) mass is 437 g/mol. The third kappa shape index (κ3) is 4.22. The maximum Gasteiger partial charge on any atom is 0.263 e. The molecule has 2 atom stereocenters.